The van der Waals surface area contributed by atoms with Gasteiger partial charge in [0.25, 0.3) is 0 Å². The molecule has 5 nitrogen and oxygen atoms in total. The van der Waals surface area contributed by atoms with Gasteiger partial charge in [0.2, 0.25) is 5.95 Å². The fourth-order valence-corrected chi connectivity index (χ4v) is 4.60. The minimum absolute atomic E-state index is 0.0821. The second-order valence-electron chi connectivity index (χ2n) is 8.99. The van der Waals surface area contributed by atoms with E-state index >= 15 is 0 Å². The molecule has 3 aromatic rings. The summed E-state index contributed by atoms with van der Waals surface area (Å²) in [5.41, 5.74) is 4.77. The first-order valence-corrected chi connectivity index (χ1v) is 10.5. The van der Waals surface area contributed by atoms with Gasteiger partial charge in [-0.25, -0.2) is 4.68 Å². The molecule has 0 radical (unpaired) electrons. The van der Waals surface area contributed by atoms with Crippen molar-refractivity contribution in [3.63, 3.8) is 0 Å². The number of aryl methyl sites for hydroxylation is 1. The van der Waals surface area contributed by atoms with Gasteiger partial charge in [0.05, 0.1) is 0 Å². The lowest BCUT2D eigenvalue weighted by Gasteiger charge is -2.38. The number of ketones is 1. The smallest absolute Gasteiger partial charge is 0.226 e. The summed E-state index contributed by atoms with van der Waals surface area (Å²) < 4.78 is 1.85. The third kappa shape index (κ3) is 3.23. The van der Waals surface area contributed by atoms with Crippen LogP contribution in [0.2, 0.25) is 5.02 Å². The number of rotatable bonds is 2. The van der Waals surface area contributed by atoms with E-state index in [9.17, 15) is 4.79 Å². The highest BCUT2D eigenvalue weighted by molar-refractivity contribution is 6.30. The van der Waals surface area contributed by atoms with E-state index in [-0.39, 0.29) is 17.2 Å². The molecule has 1 atom stereocenters. The van der Waals surface area contributed by atoms with Gasteiger partial charge in [0, 0.05) is 28.3 Å². The van der Waals surface area contributed by atoms with Crippen LogP contribution in [0.4, 0.5) is 5.95 Å². The molecular weight excluding hydrogens is 396 g/mol. The number of aromatic nitrogens is 3. The molecule has 0 fully saturated rings. The van der Waals surface area contributed by atoms with Crippen LogP contribution in [0.5, 0.6) is 0 Å². The summed E-state index contributed by atoms with van der Waals surface area (Å²) in [6.07, 6.45) is 1.34. The number of Topliss-reactive ketones (excluding diaryl/α,β-unsaturated/α-hetero) is 1. The van der Waals surface area contributed by atoms with E-state index in [1.807, 2.05) is 35.0 Å². The highest BCUT2D eigenvalue weighted by atomic mass is 35.5. The van der Waals surface area contributed by atoms with Crippen LogP contribution in [0.25, 0.3) is 11.4 Å². The highest BCUT2D eigenvalue weighted by Gasteiger charge is 2.41. The van der Waals surface area contributed by atoms with Crippen molar-refractivity contribution in [3.8, 4) is 11.4 Å². The minimum atomic E-state index is -0.284. The van der Waals surface area contributed by atoms with Crippen molar-refractivity contribution in [2.45, 2.75) is 39.7 Å². The number of allylic oxidation sites excluding steroid dienone is 2. The molecule has 0 spiro atoms. The van der Waals surface area contributed by atoms with Gasteiger partial charge in [0.15, 0.2) is 11.6 Å². The van der Waals surface area contributed by atoms with E-state index in [0.29, 0.717) is 23.2 Å². The maximum absolute atomic E-state index is 13.3. The van der Waals surface area contributed by atoms with E-state index in [1.54, 1.807) is 0 Å². The molecule has 1 unspecified atom stereocenters. The molecule has 2 aliphatic rings. The largest absolute Gasteiger partial charge is 0.328 e. The van der Waals surface area contributed by atoms with E-state index in [1.165, 1.54) is 0 Å². The van der Waals surface area contributed by atoms with Crippen molar-refractivity contribution in [1.29, 1.82) is 0 Å². The number of carbonyl (C=O) groups is 1. The van der Waals surface area contributed by atoms with Gasteiger partial charge >= 0.3 is 0 Å². The van der Waals surface area contributed by atoms with Gasteiger partial charge in [-0.05, 0) is 48.6 Å². The number of benzene rings is 2. The normalized spacial score (nSPS) is 19.9. The third-order valence-corrected chi connectivity index (χ3v) is 6.04. The lowest BCUT2D eigenvalue weighted by atomic mass is 9.73. The fourth-order valence-electron chi connectivity index (χ4n) is 4.48. The topological polar surface area (TPSA) is 59.8 Å². The maximum atomic E-state index is 13.3. The van der Waals surface area contributed by atoms with Gasteiger partial charge in [-0.3, -0.25) is 4.79 Å². The van der Waals surface area contributed by atoms with Crippen LogP contribution in [0.3, 0.4) is 0 Å². The average molecular weight is 419 g/mol. The summed E-state index contributed by atoms with van der Waals surface area (Å²) in [5.74, 6) is 1.45. The molecule has 30 heavy (non-hydrogen) atoms. The summed E-state index contributed by atoms with van der Waals surface area (Å²) in [6.45, 7) is 6.33. The Balaban J connectivity index is 1.68. The van der Waals surface area contributed by atoms with Crippen LogP contribution in [0.1, 0.15) is 43.9 Å². The Morgan fingerprint density at radius 1 is 1.13 bits per heavy atom. The number of fused-ring (bicyclic) bond motifs is 1. The first-order valence-electron chi connectivity index (χ1n) is 10.1. The van der Waals surface area contributed by atoms with Crippen LogP contribution in [-0.2, 0) is 4.79 Å². The molecule has 6 heteroatoms. The van der Waals surface area contributed by atoms with E-state index in [4.69, 9.17) is 21.7 Å². The Morgan fingerprint density at radius 2 is 1.90 bits per heavy atom. The van der Waals surface area contributed by atoms with Crippen LogP contribution in [0.15, 0.2) is 59.8 Å². The Morgan fingerprint density at radius 3 is 2.63 bits per heavy atom. The van der Waals surface area contributed by atoms with Gasteiger partial charge in [-0.1, -0.05) is 55.3 Å². The van der Waals surface area contributed by atoms with Crippen LogP contribution in [0, 0.1) is 12.3 Å². The number of hydrogen-bond donors (Lipinski definition) is 1. The molecule has 1 aliphatic carbocycles. The van der Waals surface area contributed by atoms with E-state index in [0.717, 1.165) is 34.4 Å². The molecular formula is C24H23ClN4O. The second-order valence-corrected chi connectivity index (χ2v) is 9.42. The summed E-state index contributed by atoms with van der Waals surface area (Å²) in [5, 5.41) is 8.91. The average Bonchev–Trinajstić information content (AvgIpc) is 3.09. The molecule has 0 amide bonds. The molecule has 152 valence electrons. The second kappa shape index (κ2) is 6.81. The number of anilines is 1. The van der Waals surface area contributed by atoms with Gasteiger partial charge < -0.3 is 5.32 Å². The monoisotopic (exact) mass is 418 g/mol. The van der Waals surface area contributed by atoms with Crippen molar-refractivity contribution in [3.05, 3.63) is 76.0 Å². The van der Waals surface area contributed by atoms with Crippen molar-refractivity contribution < 1.29 is 4.79 Å². The lowest BCUT2D eigenvalue weighted by Crippen LogP contribution is -2.36. The zero-order chi connectivity index (χ0) is 21.0. The summed E-state index contributed by atoms with van der Waals surface area (Å²) in [6, 6.07) is 15.5. The minimum Gasteiger partial charge on any atom is -0.328 e. The van der Waals surface area contributed by atoms with E-state index < -0.39 is 0 Å². The van der Waals surface area contributed by atoms with Gasteiger partial charge in [-0.2, -0.15) is 4.98 Å². The number of nitrogens with one attached hydrogen (secondary N) is 1. The number of carbonyl (C=O) groups excluding carboxylic acids is 1. The van der Waals surface area contributed by atoms with Gasteiger partial charge in [-0.15, -0.1) is 5.10 Å². The summed E-state index contributed by atoms with van der Waals surface area (Å²) in [4.78, 5) is 18.0. The van der Waals surface area contributed by atoms with Crippen molar-refractivity contribution in [2.75, 3.05) is 5.32 Å². The molecule has 5 rings (SSSR count). The van der Waals surface area contributed by atoms with E-state index in [2.05, 4.69) is 44.3 Å². The summed E-state index contributed by atoms with van der Waals surface area (Å²) in [7, 11) is 0. The van der Waals surface area contributed by atoms with Crippen LogP contribution in [-0.4, -0.2) is 20.5 Å². The molecule has 1 N–H and O–H groups in total. The molecule has 1 aromatic heterocycles. The summed E-state index contributed by atoms with van der Waals surface area (Å²) >= 11 is 6.04. The van der Waals surface area contributed by atoms with Crippen molar-refractivity contribution >= 4 is 23.3 Å². The lowest BCUT2D eigenvalue weighted by molar-refractivity contribution is -0.118. The predicted octanol–water partition coefficient (Wildman–Crippen LogP) is 5.57. The SMILES string of the molecule is Cc1cccc(C2C3=C(CC(C)(C)CC3=O)Nc3nc(-c4ccc(Cl)cc4)nn32)c1. The standard InChI is InChI=1S/C24H23ClN4O/c1-14-5-4-6-16(11-14)21-20-18(12-24(2,3)13-19(20)30)26-23-27-22(28-29(21)23)15-7-9-17(25)10-8-15/h4-11,21H,12-13H2,1-3H3,(H,26,27,28). The quantitative estimate of drug-likeness (QED) is 0.591. The van der Waals surface area contributed by atoms with Gasteiger partial charge in [0.1, 0.15) is 6.04 Å². The number of nitrogens with zero attached hydrogens (tertiary/aromatic N) is 3. The fraction of sp³-hybridized carbons (Fsp3) is 0.292. The third-order valence-electron chi connectivity index (χ3n) is 5.79. The first kappa shape index (κ1) is 19.1. The Labute approximate surface area is 180 Å². The van der Waals surface area contributed by atoms with Crippen LogP contribution < -0.4 is 5.32 Å². The zero-order valence-electron chi connectivity index (χ0n) is 17.2. The Kier molecular flexibility index (Phi) is 4.33. The maximum Gasteiger partial charge on any atom is 0.226 e. The Hall–Kier alpha value is -2.92. The molecule has 2 aromatic carbocycles. The molecule has 0 bridgehead atoms. The molecule has 0 saturated heterocycles. The van der Waals surface area contributed by atoms with Crippen molar-refractivity contribution in [1.82, 2.24) is 14.8 Å². The van der Waals surface area contributed by atoms with Crippen LogP contribution >= 0.6 is 11.6 Å². The molecule has 1 aliphatic heterocycles. The number of halogens is 1. The Bertz CT molecular complexity index is 1190. The zero-order valence-corrected chi connectivity index (χ0v) is 18.0. The number of hydrogen-bond acceptors (Lipinski definition) is 4. The first-order chi connectivity index (χ1) is 14.3. The molecule has 2 heterocycles. The van der Waals surface area contributed by atoms with Crippen molar-refractivity contribution in [2.24, 2.45) is 5.41 Å². The predicted molar refractivity (Wildman–Crippen MR) is 118 cm³/mol. The molecule has 0 saturated carbocycles. The highest BCUT2D eigenvalue weighted by Crippen LogP contribution is 2.45.